The fourth-order valence-corrected chi connectivity index (χ4v) is 4.65. The Morgan fingerprint density at radius 3 is 2.42 bits per heavy atom. The van der Waals surface area contributed by atoms with Crippen molar-refractivity contribution in [2.75, 3.05) is 0 Å². The SMILES string of the molecule is C[C@@]1(O)CC(=O)[C@@]2(O)C3=C(CC[C@@]2(O)C1)C(=O)c1c(O)cccc1C3=O. The van der Waals surface area contributed by atoms with E-state index in [-0.39, 0.29) is 41.7 Å². The van der Waals surface area contributed by atoms with Crippen molar-refractivity contribution >= 4 is 17.3 Å². The van der Waals surface area contributed by atoms with Gasteiger partial charge in [0.1, 0.15) is 11.4 Å². The molecular formula is C19H18O7. The minimum atomic E-state index is -2.56. The third-order valence-electron chi connectivity index (χ3n) is 5.76. The number of carbonyl (C=O) groups excluding carboxylic acids is 3. The quantitative estimate of drug-likeness (QED) is 0.529. The number of aliphatic hydroxyl groups is 3. The normalized spacial score (nSPS) is 36.5. The zero-order chi connectivity index (χ0) is 19.1. The first-order chi connectivity index (χ1) is 12.0. The van der Waals surface area contributed by atoms with E-state index in [9.17, 15) is 34.8 Å². The molecule has 0 spiro atoms. The number of phenolic OH excluding ortho intramolecular Hbond substituents is 1. The summed E-state index contributed by atoms with van der Waals surface area (Å²) >= 11 is 0. The van der Waals surface area contributed by atoms with Gasteiger partial charge in [-0.2, -0.15) is 0 Å². The topological polar surface area (TPSA) is 132 Å². The van der Waals surface area contributed by atoms with Crippen molar-refractivity contribution in [3.05, 3.63) is 40.5 Å². The lowest BCUT2D eigenvalue weighted by Gasteiger charge is -2.53. The third-order valence-corrected chi connectivity index (χ3v) is 5.76. The molecule has 0 bridgehead atoms. The Kier molecular flexibility index (Phi) is 3.21. The molecule has 3 aliphatic rings. The van der Waals surface area contributed by atoms with Gasteiger partial charge in [-0.3, -0.25) is 14.4 Å². The number of aromatic hydroxyl groups is 1. The lowest BCUT2D eigenvalue weighted by molar-refractivity contribution is -0.201. The molecule has 3 aliphatic carbocycles. The summed E-state index contributed by atoms with van der Waals surface area (Å²) in [4.78, 5) is 38.6. The van der Waals surface area contributed by atoms with Crippen LogP contribution in [0.1, 0.15) is 53.3 Å². The maximum absolute atomic E-state index is 13.1. The van der Waals surface area contributed by atoms with Gasteiger partial charge in [0.2, 0.25) is 0 Å². The van der Waals surface area contributed by atoms with Crippen LogP contribution in [0.25, 0.3) is 0 Å². The molecule has 1 saturated carbocycles. The molecule has 0 unspecified atom stereocenters. The number of Topliss-reactive ketones (excluding diaryl/α,β-unsaturated/α-hetero) is 3. The number of hydrogen-bond acceptors (Lipinski definition) is 7. The van der Waals surface area contributed by atoms with E-state index in [0.29, 0.717) is 0 Å². The van der Waals surface area contributed by atoms with Gasteiger partial charge in [-0.1, -0.05) is 12.1 Å². The van der Waals surface area contributed by atoms with E-state index in [1.165, 1.54) is 25.1 Å². The van der Waals surface area contributed by atoms with Gasteiger partial charge in [-0.05, 0) is 25.8 Å². The first-order valence-electron chi connectivity index (χ1n) is 8.37. The molecule has 136 valence electrons. The molecule has 0 amide bonds. The average molecular weight is 358 g/mol. The summed E-state index contributed by atoms with van der Waals surface area (Å²) in [6.07, 6.45) is -0.952. The second kappa shape index (κ2) is 4.88. The predicted molar refractivity (Wildman–Crippen MR) is 87.8 cm³/mol. The lowest BCUT2D eigenvalue weighted by Crippen LogP contribution is -2.70. The second-order valence-electron chi connectivity index (χ2n) is 7.73. The number of hydrogen-bond donors (Lipinski definition) is 4. The smallest absolute Gasteiger partial charge is 0.194 e. The number of carbonyl (C=O) groups is 3. The van der Waals surface area contributed by atoms with Gasteiger partial charge in [0.05, 0.1) is 11.2 Å². The molecule has 7 heteroatoms. The van der Waals surface area contributed by atoms with Gasteiger partial charge in [0, 0.05) is 29.6 Å². The fourth-order valence-electron chi connectivity index (χ4n) is 4.65. The van der Waals surface area contributed by atoms with Crippen LogP contribution in [0.4, 0.5) is 0 Å². The molecule has 4 rings (SSSR count). The number of phenols is 1. The van der Waals surface area contributed by atoms with Gasteiger partial charge < -0.3 is 20.4 Å². The molecule has 1 fully saturated rings. The summed E-state index contributed by atoms with van der Waals surface area (Å²) in [7, 11) is 0. The Labute approximate surface area is 148 Å². The van der Waals surface area contributed by atoms with Gasteiger partial charge in [0.15, 0.2) is 23.0 Å². The summed E-state index contributed by atoms with van der Waals surface area (Å²) in [5.41, 5.74) is -6.88. The molecule has 26 heavy (non-hydrogen) atoms. The van der Waals surface area contributed by atoms with E-state index in [1.54, 1.807) is 0 Å². The van der Waals surface area contributed by atoms with E-state index in [2.05, 4.69) is 0 Å². The molecule has 0 aliphatic heterocycles. The molecule has 1 aromatic carbocycles. The number of allylic oxidation sites excluding steroid dienone is 1. The third kappa shape index (κ3) is 1.90. The molecule has 1 aromatic rings. The average Bonchev–Trinajstić information content (AvgIpc) is 2.53. The summed E-state index contributed by atoms with van der Waals surface area (Å²) in [6.45, 7) is 1.38. The lowest BCUT2D eigenvalue weighted by atomic mass is 9.55. The van der Waals surface area contributed by atoms with Crippen molar-refractivity contribution in [1.29, 1.82) is 0 Å². The molecule has 4 N–H and O–H groups in total. The highest BCUT2D eigenvalue weighted by molar-refractivity contribution is 6.30. The number of fused-ring (bicyclic) bond motifs is 3. The van der Waals surface area contributed by atoms with Gasteiger partial charge >= 0.3 is 0 Å². The number of ketones is 3. The van der Waals surface area contributed by atoms with Gasteiger partial charge in [-0.15, -0.1) is 0 Å². The largest absolute Gasteiger partial charge is 0.507 e. The highest BCUT2D eigenvalue weighted by atomic mass is 16.4. The Balaban J connectivity index is 1.97. The van der Waals surface area contributed by atoms with Crippen LogP contribution in [-0.4, -0.2) is 54.6 Å². The number of rotatable bonds is 0. The summed E-state index contributed by atoms with van der Waals surface area (Å²) in [6, 6.07) is 4.00. The van der Waals surface area contributed by atoms with Crippen molar-refractivity contribution in [2.45, 2.75) is 49.4 Å². The standard InChI is InChI=1S/C19H18O7/c1-17(24)7-12(21)19(26)14-10(5-6-18(19,25)8-17)15(22)13-9(16(14)23)3-2-4-11(13)20/h2-4,20,24-26H,5-8H2,1H3/t17-,18-,19-/m1/s1. The molecule has 0 aromatic heterocycles. The second-order valence-corrected chi connectivity index (χ2v) is 7.73. The van der Waals surface area contributed by atoms with Crippen LogP contribution in [0.2, 0.25) is 0 Å². The van der Waals surface area contributed by atoms with Crippen LogP contribution in [0.15, 0.2) is 29.3 Å². The van der Waals surface area contributed by atoms with Crippen molar-refractivity contribution in [2.24, 2.45) is 0 Å². The van der Waals surface area contributed by atoms with Crippen molar-refractivity contribution in [3.63, 3.8) is 0 Å². The molecule has 0 heterocycles. The maximum Gasteiger partial charge on any atom is 0.194 e. The van der Waals surface area contributed by atoms with Crippen LogP contribution < -0.4 is 0 Å². The van der Waals surface area contributed by atoms with E-state index < -0.39 is 46.1 Å². The Bertz CT molecular complexity index is 926. The van der Waals surface area contributed by atoms with Crippen LogP contribution >= 0.6 is 0 Å². The van der Waals surface area contributed by atoms with Crippen LogP contribution in [0, 0.1) is 0 Å². The maximum atomic E-state index is 13.1. The monoisotopic (exact) mass is 358 g/mol. The number of benzene rings is 1. The molecule has 3 atom stereocenters. The Morgan fingerprint density at radius 2 is 1.73 bits per heavy atom. The highest BCUT2D eigenvalue weighted by Crippen LogP contribution is 2.53. The molecule has 7 nitrogen and oxygen atoms in total. The molecule has 0 saturated heterocycles. The van der Waals surface area contributed by atoms with Gasteiger partial charge in [0.25, 0.3) is 0 Å². The summed E-state index contributed by atoms with van der Waals surface area (Å²) in [5, 5.41) is 42.5. The summed E-state index contributed by atoms with van der Waals surface area (Å²) in [5.74, 6) is -2.64. The highest BCUT2D eigenvalue weighted by Gasteiger charge is 2.67. The zero-order valence-electron chi connectivity index (χ0n) is 14.1. The van der Waals surface area contributed by atoms with Crippen LogP contribution in [-0.2, 0) is 4.79 Å². The summed E-state index contributed by atoms with van der Waals surface area (Å²) < 4.78 is 0. The Morgan fingerprint density at radius 1 is 1.04 bits per heavy atom. The minimum absolute atomic E-state index is 0.0458. The van der Waals surface area contributed by atoms with Gasteiger partial charge in [-0.25, -0.2) is 0 Å². The van der Waals surface area contributed by atoms with Crippen LogP contribution in [0.5, 0.6) is 5.75 Å². The van der Waals surface area contributed by atoms with E-state index in [0.717, 1.165) is 0 Å². The first kappa shape index (κ1) is 17.1. The van der Waals surface area contributed by atoms with E-state index >= 15 is 0 Å². The zero-order valence-corrected chi connectivity index (χ0v) is 14.1. The minimum Gasteiger partial charge on any atom is -0.507 e. The molecular weight excluding hydrogens is 340 g/mol. The predicted octanol–water partition coefficient (Wildman–Crippen LogP) is 0.438. The van der Waals surface area contributed by atoms with E-state index in [4.69, 9.17) is 0 Å². The van der Waals surface area contributed by atoms with Crippen molar-refractivity contribution < 1.29 is 34.8 Å². The Hall–Kier alpha value is -2.35. The van der Waals surface area contributed by atoms with Crippen molar-refractivity contribution in [1.82, 2.24) is 0 Å². The van der Waals surface area contributed by atoms with Crippen molar-refractivity contribution in [3.8, 4) is 5.75 Å². The van der Waals surface area contributed by atoms with E-state index in [1.807, 2.05) is 0 Å². The molecule has 0 radical (unpaired) electrons. The van der Waals surface area contributed by atoms with Crippen LogP contribution in [0.3, 0.4) is 0 Å². The fraction of sp³-hybridized carbons (Fsp3) is 0.421. The first-order valence-corrected chi connectivity index (χ1v) is 8.37.